The van der Waals surface area contributed by atoms with E-state index in [1.54, 1.807) is 38.1 Å². The molecule has 1 aromatic heterocycles. The molecule has 0 saturated heterocycles. The van der Waals surface area contributed by atoms with E-state index in [1.165, 1.54) is 4.68 Å². The topological polar surface area (TPSA) is 90.3 Å². The van der Waals surface area contributed by atoms with Crippen LogP contribution in [0.1, 0.15) is 50.6 Å². The van der Waals surface area contributed by atoms with Crippen molar-refractivity contribution >= 4 is 22.6 Å². The van der Waals surface area contributed by atoms with Gasteiger partial charge in [-0.2, -0.15) is 5.10 Å². The molecule has 134 valence electrons. The zero-order chi connectivity index (χ0) is 18.6. The van der Waals surface area contributed by atoms with E-state index in [0.29, 0.717) is 10.8 Å². The van der Waals surface area contributed by atoms with Crippen molar-refractivity contribution in [3.05, 3.63) is 40.3 Å². The third-order valence-corrected chi connectivity index (χ3v) is 3.87. The van der Waals surface area contributed by atoms with Gasteiger partial charge in [-0.3, -0.25) is 9.59 Å². The molecule has 7 nitrogen and oxygen atoms in total. The Bertz CT molecular complexity index is 842. The number of nitrogens with one attached hydrogen (secondary N) is 1. The Hall–Kier alpha value is -2.70. The van der Waals surface area contributed by atoms with Crippen LogP contribution in [0.2, 0.25) is 0 Å². The van der Waals surface area contributed by atoms with E-state index in [-0.39, 0.29) is 35.9 Å². The molecular weight excluding hydrogens is 322 g/mol. The monoisotopic (exact) mass is 345 g/mol. The third-order valence-electron chi connectivity index (χ3n) is 3.87. The van der Waals surface area contributed by atoms with Crippen molar-refractivity contribution in [1.82, 2.24) is 15.1 Å². The van der Waals surface area contributed by atoms with Crippen molar-refractivity contribution in [3.8, 4) is 0 Å². The fraction of sp³-hybridized carbons (Fsp3) is 0.444. The third kappa shape index (κ3) is 4.23. The lowest BCUT2D eigenvalue weighted by Gasteiger charge is -2.14. The van der Waals surface area contributed by atoms with Crippen molar-refractivity contribution in [2.45, 2.75) is 46.2 Å². The molecule has 0 aliphatic carbocycles. The van der Waals surface area contributed by atoms with E-state index in [0.717, 1.165) is 6.42 Å². The SMILES string of the molecule is CC[C@@H](C)NC(=O)COC(=O)c1nn(C(C)C)c(=O)c2ccccc12. The fourth-order valence-electron chi connectivity index (χ4n) is 2.33. The number of amides is 1. The second-order valence-electron chi connectivity index (χ2n) is 6.19. The summed E-state index contributed by atoms with van der Waals surface area (Å²) in [5, 5.41) is 7.68. The second kappa shape index (κ2) is 7.92. The number of aromatic nitrogens is 2. The van der Waals surface area contributed by atoms with E-state index in [2.05, 4.69) is 10.4 Å². The van der Waals surface area contributed by atoms with Crippen molar-refractivity contribution in [3.63, 3.8) is 0 Å². The number of nitrogens with zero attached hydrogens (tertiary/aromatic N) is 2. The molecule has 7 heteroatoms. The van der Waals surface area contributed by atoms with Crippen LogP contribution in [0.25, 0.3) is 10.8 Å². The lowest BCUT2D eigenvalue weighted by molar-refractivity contribution is -0.124. The zero-order valence-electron chi connectivity index (χ0n) is 14.9. The standard InChI is InChI=1S/C18H23N3O4/c1-5-12(4)19-15(22)10-25-18(24)16-13-8-6-7-9-14(13)17(23)21(20-16)11(2)3/h6-9,11-12H,5,10H2,1-4H3,(H,19,22)/t12-/m1/s1. The van der Waals surface area contributed by atoms with E-state index >= 15 is 0 Å². The molecule has 1 atom stereocenters. The summed E-state index contributed by atoms with van der Waals surface area (Å²) in [5.41, 5.74) is -0.239. The normalized spacial score (nSPS) is 12.2. The van der Waals surface area contributed by atoms with Crippen LogP contribution in [0.4, 0.5) is 0 Å². The van der Waals surface area contributed by atoms with Crippen LogP contribution in [-0.2, 0) is 9.53 Å². The van der Waals surface area contributed by atoms with Gasteiger partial charge in [0.2, 0.25) is 0 Å². The minimum atomic E-state index is -0.732. The number of ether oxygens (including phenoxy) is 1. The first-order chi connectivity index (χ1) is 11.8. The Morgan fingerprint density at radius 1 is 1.20 bits per heavy atom. The Labute approximate surface area is 146 Å². The first-order valence-electron chi connectivity index (χ1n) is 8.33. The largest absolute Gasteiger partial charge is 0.451 e. The van der Waals surface area contributed by atoms with Gasteiger partial charge in [0.1, 0.15) is 0 Å². The van der Waals surface area contributed by atoms with Gasteiger partial charge in [-0.05, 0) is 33.3 Å². The number of carbonyl (C=O) groups excluding carboxylic acids is 2. The highest BCUT2D eigenvalue weighted by atomic mass is 16.5. The first-order valence-corrected chi connectivity index (χ1v) is 8.33. The molecule has 2 aromatic rings. The lowest BCUT2D eigenvalue weighted by atomic mass is 10.1. The van der Waals surface area contributed by atoms with E-state index in [4.69, 9.17) is 4.74 Å². The summed E-state index contributed by atoms with van der Waals surface area (Å²) in [6.45, 7) is 7.03. The Morgan fingerprint density at radius 3 is 2.44 bits per heavy atom. The number of carbonyl (C=O) groups is 2. The summed E-state index contributed by atoms with van der Waals surface area (Å²) < 4.78 is 6.34. The van der Waals surface area contributed by atoms with Crippen molar-refractivity contribution in [2.24, 2.45) is 0 Å². The number of hydrogen-bond acceptors (Lipinski definition) is 5. The highest BCUT2D eigenvalue weighted by Gasteiger charge is 2.20. The Morgan fingerprint density at radius 2 is 1.84 bits per heavy atom. The van der Waals surface area contributed by atoms with Gasteiger partial charge in [-0.25, -0.2) is 9.48 Å². The van der Waals surface area contributed by atoms with Crippen LogP contribution in [0, 0.1) is 0 Å². The number of hydrogen-bond donors (Lipinski definition) is 1. The predicted molar refractivity (Wildman–Crippen MR) is 94.6 cm³/mol. The quantitative estimate of drug-likeness (QED) is 0.809. The van der Waals surface area contributed by atoms with Gasteiger partial charge in [0, 0.05) is 11.4 Å². The molecule has 0 saturated carbocycles. The maximum absolute atomic E-state index is 12.4. The minimum absolute atomic E-state index is 0.00741. The zero-order valence-corrected chi connectivity index (χ0v) is 14.9. The fourth-order valence-corrected chi connectivity index (χ4v) is 2.33. The summed E-state index contributed by atoms with van der Waals surface area (Å²) in [5.74, 6) is -1.10. The van der Waals surface area contributed by atoms with Gasteiger partial charge in [-0.15, -0.1) is 0 Å². The highest BCUT2D eigenvalue weighted by molar-refractivity contribution is 6.02. The molecule has 0 radical (unpaired) electrons. The van der Waals surface area contributed by atoms with Crippen molar-refractivity contribution in [2.75, 3.05) is 6.61 Å². The summed E-state index contributed by atoms with van der Waals surface area (Å²) in [7, 11) is 0. The van der Waals surface area contributed by atoms with Crippen molar-refractivity contribution in [1.29, 1.82) is 0 Å². The molecule has 1 N–H and O–H groups in total. The number of rotatable bonds is 6. The minimum Gasteiger partial charge on any atom is -0.451 e. The van der Waals surface area contributed by atoms with Crippen LogP contribution >= 0.6 is 0 Å². The average Bonchev–Trinajstić information content (AvgIpc) is 2.59. The number of esters is 1. The first kappa shape index (κ1) is 18.6. The molecular formula is C18H23N3O4. The van der Waals surface area contributed by atoms with Gasteiger partial charge in [0.15, 0.2) is 12.3 Å². The Kier molecular flexibility index (Phi) is 5.90. The van der Waals surface area contributed by atoms with Crippen LogP contribution in [0.3, 0.4) is 0 Å². The summed E-state index contributed by atoms with van der Waals surface area (Å²) in [6.07, 6.45) is 0.783. The van der Waals surface area contributed by atoms with Crippen LogP contribution < -0.4 is 10.9 Å². The molecule has 2 rings (SSSR count). The van der Waals surface area contributed by atoms with Crippen LogP contribution in [0.5, 0.6) is 0 Å². The predicted octanol–water partition coefficient (Wildman–Crippen LogP) is 2.05. The molecule has 1 amide bonds. The smallest absolute Gasteiger partial charge is 0.359 e. The van der Waals surface area contributed by atoms with Gasteiger partial charge >= 0.3 is 5.97 Å². The number of fused-ring (bicyclic) bond motifs is 1. The number of benzene rings is 1. The highest BCUT2D eigenvalue weighted by Crippen LogP contribution is 2.15. The van der Waals surface area contributed by atoms with Gasteiger partial charge < -0.3 is 10.1 Å². The summed E-state index contributed by atoms with van der Waals surface area (Å²) >= 11 is 0. The molecule has 1 aromatic carbocycles. The van der Waals surface area contributed by atoms with Crippen LogP contribution in [-0.4, -0.2) is 34.3 Å². The average molecular weight is 345 g/mol. The molecule has 0 aliphatic rings. The summed E-state index contributed by atoms with van der Waals surface area (Å²) in [4.78, 5) is 36.7. The lowest BCUT2D eigenvalue weighted by Crippen LogP contribution is -2.35. The van der Waals surface area contributed by atoms with E-state index in [9.17, 15) is 14.4 Å². The molecule has 1 heterocycles. The maximum Gasteiger partial charge on any atom is 0.359 e. The molecule has 25 heavy (non-hydrogen) atoms. The molecule has 0 spiro atoms. The molecule has 0 fully saturated rings. The van der Waals surface area contributed by atoms with E-state index in [1.807, 2.05) is 13.8 Å². The van der Waals surface area contributed by atoms with Gasteiger partial charge in [0.05, 0.1) is 11.4 Å². The van der Waals surface area contributed by atoms with E-state index < -0.39 is 5.97 Å². The molecule has 0 bridgehead atoms. The van der Waals surface area contributed by atoms with Gasteiger partial charge in [0.25, 0.3) is 11.5 Å². The molecule has 0 aliphatic heterocycles. The second-order valence-corrected chi connectivity index (χ2v) is 6.19. The van der Waals surface area contributed by atoms with Gasteiger partial charge in [-0.1, -0.05) is 25.1 Å². The van der Waals surface area contributed by atoms with Crippen LogP contribution in [0.15, 0.2) is 29.1 Å². The summed E-state index contributed by atoms with van der Waals surface area (Å²) in [6, 6.07) is 6.53. The van der Waals surface area contributed by atoms with Crippen molar-refractivity contribution < 1.29 is 14.3 Å². The Balaban J connectivity index is 2.30. The molecule has 0 unspecified atom stereocenters. The maximum atomic E-state index is 12.4.